The van der Waals surface area contributed by atoms with Gasteiger partial charge in [-0.05, 0) is 31.5 Å². The maximum absolute atomic E-state index is 11.8. The Morgan fingerprint density at radius 3 is 2.68 bits per heavy atom. The Bertz CT molecular complexity index is 535. The average Bonchev–Trinajstić information content (AvgIpc) is 2.32. The summed E-state index contributed by atoms with van der Waals surface area (Å²) in [6, 6.07) is 5.31. The molecule has 1 amide bonds. The summed E-state index contributed by atoms with van der Waals surface area (Å²) in [5.41, 5.74) is 12.3. The summed E-state index contributed by atoms with van der Waals surface area (Å²) in [6.45, 7) is 3.50. The smallest absolute Gasteiger partial charge is 0.230 e. The van der Waals surface area contributed by atoms with Crippen LogP contribution in [0.2, 0.25) is 5.02 Å². The third-order valence-corrected chi connectivity index (χ3v) is 2.70. The Morgan fingerprint density at radius 2 is 2.05 bits per heavy atom. The van der Waals surface area contributed by atoms with Gasteiger partial charge in [0.25, 0.3) is 0 Å². The van der Waals surface area contributed by atoms with Crippen LogP contribution in [-0.4, -0.2) is 17.6 Å². The van der Waals surface area contributed by atoms with Gasteiger partial charge in [-0.3, -0.25) is 4.79 Å². The van der Waals surface area contributed by atoms with Crippen LogP contribution in [-0.2, 0) is 4.79 Å². The molecule has 0 aliphatic heterocycles. The van der Waals surface area contributed by atoms with Crippen LogP contribution in [0.25, 0.3) is 0 Å². The summed E-state index contributed by atoms with van der Waals surface area (Å²) in [5, 5.41) is 10.5. The second-order valence-electron chi connectivity index (χ2n) is 4.00. The second kappa shape index (κ2) is 6.75. The van der Waals surface area contributed by atoms with Gasteiger partial charge in [-0.1, -0.05) is 17.7 Å². The van der Waals surface area contributed by atoms with Crippen molar-refractivity contribution in [1.82, 2.24) is 0 Å². The van der Waals surface area contributed by atoms with Gasteiger partial charge in [0.05, 0.1) is 6.42 Å². The summed E-state index contributed by atoms with van der Waals surface area (Å²) in [7, 11) is 0. The monoisotopic (exact) mass is 281 g/mol. The molecule has 5 N–H and O–H groups in total. The maximum atomic E-state index is 11.8. The minimum absolute atomic E-state index is 0.0999. The van der Waals surface area contributed by atoms with Crippen LogP contribution in [0, 0.1) is 6.92 Å². The van der Waals surface area contributed by atoms with E-state index in [4.69, 9.17) is 23.1 Å². The Morgan fingerprint density at radius 1 is 1.37 bits per heavy atom. The molecule has 0 unspecified atom stereocenters. The number of nitrogens with zero attached hydrogens (tertiary/aromatic N) is 2. The summed E-state index contributed by atoms with van der Waals surface area (Å²) < 4.78 is 0. The van der Waals surface area contributed by atoms with Crippen LogP contribution in [0.4, 0.5) is 5.69 Å². The molecule has 0 saturated carbocycles. The van der Waals surface area contributed by atoms with Gasteiger partial charge in [0.1, 0.15) is 0 Å². The molecule has 19 heavy (non-hydrogen) atoms. The van der Waals surface area contributed by atoms with E-state index in [0.717, 1.165) is 5.56 Å². The van der Waals surface area contributed by atoms with Crippen molar-refractivity contribution in [2.24, 2.45) is 21.7 Å². The molecule has 0 aliphatic carbocycles. The number of nitrogens with one attached hydrogen (secondary N) is 1. The lowest BCUT2D eigenvalue weighted by Gasteiger charge is -2.09. The zero-order valence-electron chi connectivity index (χ0n) is 10.8. The van der Waals surface area contributed by atoms with E-state index in [0.29, 0.717) is 16.4 Å². The summed E-state index contributed by atoms with van der Waals surface area (Å²) >= 11 is 5.97. The van der Waals surface area contributed by atoms with Crippen LogP contribution in [0.1, 0.15) is 18.9 Å². The molecule has 1 rings (SSSR count). The SMILES string of the molecule is C/C(CC(=O)Nc1cccc(Cl)c1C)=N\N=C(N)N. The first-order chi connectivity index (χ1) is 8.90. The first kappa shape index (κ1) is 15.0. The molecule has 0 spiro atoms. The van der Waals surface area contributed by atoms with Crippen LogP contribution in [0.5, 0.6) is 0 Å². The number of hydrogen-bond acceptors (Lipinski definition) is 3. The highest BCUT2D eigenvalue weighted by atomic mass is 35.5. The average molecular weight is 282 g/mol. The van der Waals surface area contributed by atoms with E-state index < -0.39 is 0 Å². The molecule has 0 aromatic heterocycles. The predicted octanol–water partition coefficient (Wildman–Crippen LogP) is 1.63. The Hall–Kier alpha value is -2.08. The van der Waals surface area contributed by atoms with Crippen LogP contribution < -0.4 is 16.8 Å². The lowest BCUT2D eigenvalue weighted by molar-refractivity contribution is -0.115. The van der Waals surface area contributed by atoms with Crippen molar-refractivity contribution in [3.05, 3.63) is 28.8 Å². The van der Waals surface area contributed by atoms with Crippen molar-refractivity contribution in [3.63, 3.8) is 0 Å². The first-order valence-electron chi connectivity index (χ1n) is 5.57. The molecule has 102 valence electrons. The number of guanidine groups is 1. The fourth-order valence-corrected chi connectivity index (χ4v) is 1.52. The second-order valence-corrected chi connectivity index (χ2v) is 4.40. The number of rotatable bonds is 4. The van der Waals surface area contributed by atoms with Crippen molar-refractivity contribution >= 4 is 34.9 Å². The van der Waals surface area contributed by atoms with Crippen LogP contribution in [0.15, 0.2) is 28.4 Å². The van der Waals surface area contributed by atoms with E-state index in [1.54, 1.807) is 25.1 Å². The Labute approximate surface area is 116 Å². The molecular formula is C12H16ClN5O. The number of halogens is 1. The molecule has 0 aliphatic rings. The summed E-state index contributed by atoms with van der Waals surface area (Å²) in [6.07, 6.45) is 0.0999. The zero-order chi connectivity index (χ0) is 14.4. The van der Waals surface area contributed by atoms with Gasteiger partial charge >= 0.3 is 0 Å². The van der Waals surface area contributed by atoms with E-state index in [2.05, 4.69) is 15.5 Å². The molecule has 0 bridgehead atoms. The number of hydrogen-bond donors (Lipinski definition) is 3. The predicted molar refractivity (Wildman–Crippen MR) is 78.4 cm³/mol. The van der Waals surface area contributed by atoms with Gasteiger partial charge in [-0.25, -0.2) is 0 Å². The number of anilines is 1. The van der Waals surface area contributed by atoms with Gasteiger partial charge < -0.3 is 16.8 Å². The van der Waals surface area contributed by atoms with E-state index in [1.807, 2.05) is 6.92 Å². The first-order valence-corrected chi connectivity index (χ1v) is 5.95. The normalized spacial score (nSPS) is 11.0. The summed E-state index contributed by atoms with van der Waals surface area (Å²) in [5.74, 6) is -0.358. The molecule has 0 saturated heterocycles. The van der Waals surface area contributed by atoms with Crippen LogP contribution in [0.3, 0.4) is 0 Å². The Balaban J connectivity index is 2.68. The molecule has 0 fully saturated rings. The minimum atomic E-state index is -0.211. The van der Waals surface area contributed by atoms with Gasteiger partial charge in [0.15, 0.2) is 0 Å². The van der Waals surface area contributed by atoms with Gasteiger partial charge in [0.2, 0.25) is 11.9 Å². The molecule has 7 heteroatoms. The van der Waals surface area contributed by atoms with E-state index in [1.165, 1.54) is 0 Å². The third-order valence-electron chi connectivity index (χ3n) is 2.29. The standard InChI is InChI=1S/C12H16ClN5O/c1-7(17-18-12(14)15)6-11(19)16-10-5-3-4-9(13)8(10)2/h3-5H,6H2,1-2H3,(H,16,19)(H4,14,15,18)/b17-7+. The van der Waals surface area contributed by atoms with Crippen molar-refractivity contribution in [2.45, 2.75) is 20.3 Å². The van der Waals surface area contributed by atoms with Crippen molar-refractivity contribution in [3.8, 4) is 0 Å². The number of amides is 1. The quantitative estimate of drug-likeness (QED) is 0.443. The molecule has 6 nitrogen and oxygen atoms in total. The largest absolute Gasteiger partial charge is 0.369 e. The molecular weight excluding hydrogens is 266 g/mol. The Kier molecular flexibility index (Phi) is 5.32. The van der Waals surface area contributed by atoms with Crippen molar-refractivity contribution in [1.29, 1.82) is 0 Å². The van der Waals surface area contributed by atoms with E-state index in [9.17, 15) is 4.79 Å². The molecule has 1 aromatic carbocycles. The minimum Gasteiger partial charge on any atom is -0.369 e. The fraction of sp³-hybridized carbons (Fsp3) is 0.250. The molecule has 0 heterocycles. The fourth-order valence-electron chi connectivity index (χ4n) is 1.35. The number of benzene rings is 1. The zero-order valence-corrected chi connectivity index (χ0v) is 11.5. The lowest BCUT2D eigenvalue weighted by atomic mass is 10.2. The van der Waals surface area contributed by atoms with Crippen molar-refractivity contribution < 1.29 is 4.79 Å². The highest BCUT2D eigenvalue weighted by molar-refractivity contribution is 6.31. The summed E-state index contributed by atoms with van der Waals surface area (Å²) in [4.78, 5) is 11.8. The lowest BCUT2D eigenvalue weighted by Crippen LogP contribution is -2.22. The molecule has 0 radical (unpaired) electrons. The highest BCUT2D eigenvalue weighted by Crippen LogP contribution is 2.22. The number of carbonyl (C=O) groups is 1. The number of carbonyl (C=O) groups excluding carboxylic acids is 1. The van der Waals surface area contributed by atoms with E-state index in [-0.39, 0.29) is 18.3 Å². The topological polar surface area (TPSA) is 106 Å². The van der Waals surface area contributed by atoms with Crippen LogP contribution >= 0.6 is 11.6 Å². The molecule has 1 aromatic rings. The van der Waals surface area contributed by atoms with Gasteiger partial charge in [0, 0.05) is 16.4 Å². The third kappa shape index (κ3) is 4.97. The highest BCUT2D eigenvalue weighted by Gasteiger charge is 2.07. The van der Waals surface area contributed by atoms with Gasteiger partial charge in [-0.15, -0.1) is 5.10 Å². The van der Waals surface area contributed by atoms with Gasteiger partial charge in [-0.2, -0.15) is 5.10 Å². The van der Waals surface area contributed by atoms with Crippen molar-refractivity contribution in [2.75, 3.05) is 5.32 Å². The molecule has 0 atom stereocenters. The number of nitrogens with two attached hydrogens (primary N) is 2. The maximum Gasteiger partial charge on any atom is 0.230 e. The van der Waals surface area contributed by atoms with E-state index >= 15 is 0 Å².